The van der Waals surface area contributed by atoms with Crippen LogP contribution >= 0.6 is 23.1 Å². The lowest BCUT2D eigenvalue weighted by Crippen LogP contribution is -2.14. The summed E-state index contributed by atoms with van der Waals surface area (Å²) in [5.41, 5.74) is 2.98. The number of hydrogen-bond donors (Lipinski definition) is 0. The molecule has 0 amide bonds. The third-order valence-corrected chi connectivity index (χ3v) is 5.26. The zero-order valence-electron chi connectivity index (χ0n) is 16.1. The fourth-order valence-electron chi connectivity index (χ4n) is 2.45. The van der Waals surface area contributed by atoms with Crippen LogP contribution in [0.3, 0.4) is 0 Å². The molecule has 0 bridgehead atoms. The molecule has 0 N–H and O–H groups in total. The summed E-state index contributed by atoms with van der Waals surface area (Å²) in [7, 11) is 1.93. The average molecular weight is 429 g/mol. The van der Waals surface area contributed by atoms with E-state index in [1.165, 1.54) is 12.1 Å². The van der Waals surface area contributed by atoms with Crippen LogP contribution < -0.4 is 4.74 Å². The van der Waals surface area contributed by atoms with E-state index in [9.17, 15) is 9.65 Å². The van der Waals surface area contributed by atoms with Crippen molar-refractivity contribution in [2.24, 2.45) is 4.99 Å². The maximum Gasteiger partial charge on any atom is 0.218 e. The van der Waals surface area contributed by atoms with Gasteiger partial charge in [0.05, 0.1) is 17.0 Å². The van der Waals surface area contributed by atoms with Gasteiger partial charge >= 0.3 is 0 Å². The topological polar surface area (TPSA) is 61.5 Å². The van der Waals surface area contributed by atoms with Crippen LogP contribution in [0.2, 0.25) is 5.02 Å². The Morgan fingerprint density at radius 2 is 2.07 bits per heavy atom. The predicted octanol–water partition coefficient (Wildman–Crippen LogP) is 6.19. The molecule has 0 aliphatic heterocycles. The highest BCUT2D eigenvalue weighted by Gasteiger charge is 2.19. The molecule has 0 aliphatic rings. The van der Waals surface area contributed by atoms with Crippen LogP contribution in [0.4, 0.5) is 10.1 Å². The molecule has 0 saturated heterocycles. The highest BCUT2D eigenvalue weighted by atomic mass is 35.5. The maximum absolute atomic E-state index is 13.2. The standard InChI is InChI=1S/C21H18ClFN4OS/c1-4-27(3)12-25-18-10-17(22)19(9-13(18)2)28-21-16(11-24)20(26-29-21)14-5-7-15(23)8-6-14/h5-10,12H,4H2,1-3H3/b25-12-. The lowest BCUT2D eigenvalue weighted by Gasteiger charge is -2.11. The Labute approximate surface area is 177 Å². The molecule has 0 aliphatic carbocycles. The van der Waals surface area contributed by atoms with E-state index < -0.39 is 0 Å². The van der Waals surface area contributed by atoms with Crippen molar-refractivity contribution in [3.63, 3.8) is 0 Å². The van der Waals surface area contributed by atoms with Gasteiger partial charge in [0.1, 0.15) is 28.9 Å². The average Bonchev–Trinajstić information content (AvgIpc) is 3.12. The molecule has 0 radical (unpaired) electrons. The van der Waals surface area contributed by atoms with E-state index in [1.54, 1.807) is 30.6 Å². The first-order valence-corrected chi connectivity index (χ1v) is 9.96. The number of hydrogen-bond acceptors (Lipinski definition) is 5. The molecule has 0 atom stereocenters. The van der Waals surface area contributed by atoms with Crippen LogP contribution in [0.15, 0.2) is 41.4 Å². The molecule has 0 fully saturated rings. The Hall–Kier alpha value is -2.95. The first-order chi connectivity index (χ1) is 13.9. The second kappa shape index (κ2) is 9.03. The number of benzene rings is 2. The van der Waals surface area contributed by atoms with Crippen LogP contribution in [0.25, 0.3) is 11.3 Å². The maximum atomic E-state index is 13.2. The number of aliphatic imine (C=N–C) groups is 1. The summed E-state index contributed by atoms with van der Waals surface area (Å²) in [5, 5.41) is 10.3. The second-order valence-electron chi connectivity index (χ2n) is 6.30. The second-order valence-corrected chi connectivity index (χ2v) is 7.44. The largest absolute Gasteiger partial charge is 0.442 e. The van der Waals surface area contributed by atoms with E-state index in [0.717, 1.165) is 29.3 Å². The summed E-state index contributed by atoms with van der Waals surface area (Å²) in [6.07, 6.45) is 1.74. The fourth-order valence-corrected chi connectivity index (χ4v) is 3.38. The van der Waals surface area contributed by atoms with Crippen LogP contribution in [0, 0.1) is 24.1 Å². The van der Waals surface area contributed by atoms with Gasteiger partial charge in [-0.3, -0.25) is 0 Å². The van der Waals surface area contributed by atoms with Gasteiger partial charge in [-0.1, -0.05) is 11.6 Å². The normalized spacial score (nSPS) is 10.9. The number of nitrogens with zero attached hydrogens (tertiary/aromatic N) is 4. The van der Waals surface area contributed by atoms with Crippen LogP contribution in [0.1, 0.15) is 18.1 Å². The summed E-state index contributed by atoms with van der Waals surface area (Å²) >= 11 is 7.43. The molecule has 8 heteroatoms. The van der Waals surface area contributed by atoms with Gasteiger partial charge in [-0.05, 0) is 55.8 Å². The van der Waals surface area contributed by atoms with Crippen LogP contribution in [-0.4, -0.2) is 29.2 Å². The Bertz CT molecular complexity index is 1090. The lowest BCUT2D eigenvalue weighted by molar-refractivity contribution is 0.495. The molecule has 3 rings (SSSR count). The van der Waals surface area contributed by atoms with Crippen molar-refractivity contribution in [1.29, 1.82) is 5.26 Å². The van der Waals surface area contributed by atoms with Gasteiger partial charge in [0.25, 0.3) is 0 Å². The smallest absolute Gasteiger partial charge is 0.218 e. The zero-order valence-corrected chi connectivity index (χ0v) is 17.7. The minimum Gasteiger partial charge on any atom is -0.442 e. The summed E-state index contributed by atoms with van der Waals surface area (Å²) in [5.74, 6) is 0.0619. The summed E-state index contributed by atoms with van der Waals surface area (Å²) in [6.45, 7) is 4.78. The van der Waals surface area contributed by atoms with Gasteiger partial charge in [0.2, 0.25) is 5.06 Å². The molecule has 1 heterocycles. The molecular formula is C21H18ClFN4OS. The Morgan fingerprint density at radius 3 is 2.72 bits per heavy atom. The van der Waals surface area contributed by atoms with Gasteiger partial charge in [-0.2, -0.15) is 9.64 Å². The molecule has 148 valence electrons. The number of ether oxygens (including phenoxy) is 1. The molecule has 0 unspecified atom stereocenters. The molecule has 0 saturated carbocycles. The number of nitriles is 1. The molecule has 5 nitrogen and oxygen atoms in total. The molecular weight excluding hydrogens is 411 g/mol. The van der Waals surface area contributed by atoms with E-state index in [1.807, 2.05) is 25.8 Å². The molecule has 2 aromatic carbocycles. The van der Waals surface area contributed by atoms with Gasteiger partial charge in [-0.25, -0.2) is 9.38 Å². The minimum atomic E-state index is -0.353. The van der Waals surface area contributed by atoms with Crippen molar-refractivity contribution in [1.82, 2.24) is 9.27 Å². The van der Waals surface area contributed by atoms with Gasteiger partial charge in [0, 0.05) is 30.7 Å². The van der Waals surface area contributed by atoms with E-state index >= 15 is 0 Å². The van der Waals surface area contributed by atoms with Crippen molar-refractivity contribution in [2.45, 2.75) is 13.8 Å². The lowest BCUT2D eigenvalue weighted by atomic mass is 10.1. The number of aryl methyl sites for hydroxylation is 1. The summed E-state index contributed by atoms with van der Waals surface area (Å²) in [6, 6.07) is 11.4. The molecule has 29 heavy (non-hydrogen) atoms. The molecule has 3 aromatic rings. The summed E-state index contributed by atoms with van der Waals surface area (Å²) in [4.78, 5) is 6.39. The van der Waals surface area contributed by atoms with Gasteiger partial charge in [0.15, 0.2) is 0 Å². The predicted molar refractivity (Wildman–Crippen MR) is 115 cm³/mol. The monoisotopic (exact) mass is 428 g/mol. The van der Waals surface area contributed by atoms with E-state index in [4.69, 9.17) is 16.3 Å². The Morgan fingerprint density at radius 1 is 1.34 bits per heavy atom. The number of rotatable bonds is 6. The van der Waals surface area contributed by atoms with Gasteiger partial charge < -0.3 is 9.64 Å². The third-order valence-electron chi connectivity index (χ3n) is 4.24. The first kappa shape index (κ1) is 20.8. The van der Waals surface area contributed by atoms with E-state index in [2.05, 4.69) is 15.4 Å². The van der Waals surface area contributed by atoms with Crippen molar-refractivity contribution < 1.29 is 9.13 Å². The molecule has 1 aromatic heterocycles. The van der Waals surface area contributed by atoms with Crippen LogP contribution in [0.5, 0.6) is 10.8 Å². The van der Waals surface area contributed by atoms with E-state index in [0.29, 0.717) is 27.1 Å². The Balaban J connectivity index is 1.91. The zero-order chi connectivity index (χ0) is 21.0. The Kier molecular flexibility index (Phi) is 6.47. The first-order valence-electron chi connectivity index (χ1n) is 8.81. The third kappa shape index (κ3) is 4.73. The van der Waals surface area contributed by atoms with Crippen LogP contribution in [-0.2, 0) is 0 Å². The van der Waals surface area contributed by atoms with E-state index in [-0.39, 0.29) is 11.4 Å². The highest BCUT2D eigenvalue weighted by molar-refractivity contribution is 7.08. The highest BCUT2D eigenvalue weighted by Crippen LogP contribution is 2.40. The number of halogens is 2. The molecule has 0 spiro atoms. The van der Waals surface area contributed by atoms with Crippen molar-refractivity contribution in [2.75, 3.05) is 13.6 Å². The summed E-state index contributed by atoms with van der Waals surface area (Å²) < 4.78 is 23.4. The number of aromatic nitrogens is 1. The SMILES string of the molecule is CCN(C)/C=N\c1cc(Cl)c(Oc2snc(-c3ccc(F)cc3)c2C#N)cc1C. The van der Waals surface area contributed by atoms with Crippen molar-refractivity contribution >= 4 is 35.2 Å². The quantitative estimate of drug-likeness (QED) is 0.347. The van der Waals surface area contributed by atoms with Gasteiger partial charge in [-0.15, -0.1) is 0 Å². The van der Waals surface area contributed by atoms with Crippen molar-refractivity contribution in [3.05, 3.63) is 58.4 Å². The fraction of sp³-hybridized carbons (Fsp3) is 0.190. The van der Waals surface area contributed by atoms with Crippen molar-refractivity contribution in [3.8, 4) is 28.1 Å². The minimum absolute atomic E-state index is 0.280.